The Balaban J connectivity index is 1.50. The van der Waals surface area contributed by atoms with Crippen molar-refractivity contribution in [3.63, 3.8) is 0 Å². The van der Waals surface area contributed by atoms with Crippen molar-refractivity contribution in [1.29, 1.82) is 0 Å². The summed E-state index contributed by atoms with van der Waals surface area (Å²) in [6.07, 6.45) is 15.0. The van der Waals surface area contributed by atoms with Crippen LogP contribution < -0.4 is 0 Å². The first kappa shape index (κ1) is 18.0. The molecule has 0 atom stereocenters. The number of pyridine rings is 4. The second-order valence-electron chi connectivity index (χ2n) is 8.21. The predicted molar refractivity (Wildman–Crippen MR) is 131 cm³/mol. The first-order valence-electron chi connectivity index (χ1n) is 10.8. The van der Waals surface area contributed by atoms with E-state index in [2.05, 4.69) is 78.5 Å². The maximum Gasteiger partial charge on any atom is 0.0572 e. The molecule has 0 aliphatic heterocycles. The van der Waals surface area contributed by atoms with Gasteiger partial charge in [-0.1, -0.05) is 0 Å². The smallest absolute Gasteiger partial charge is 0.0572 e. The summed E-state index contributed by atoms with van der Waals surface area (Å²) in [4.78, 5) is 17.4. The van der Waals surface area contributed by atoms with Crippen molar-refractivity contribution in [2.24, 2.45) is 0 Å². The highest BCUT2D eigenvalue weighted by Crippen LogP contribution is 2.34. The lowest BCUT2D eigenvalue weighted by Crippen LogP contribution is -2.00. The lowest BCUT2D eigenvalue weighted by molar-refractivity contribution is 1.11. The maximum atomic E-state index is 4.34. The number of nitrogens with zero attached hydrogens (tertiary/aromatic N) is 6. The molecule has 6 aromatic heterocycles. The summed E-state index contributed by atoms with van der Waals surface area (Å²) in [5.74, 6) is 0. The molecule has 33 heavy (non-hydrogen) atoms. The van der Waals surface area contributed by atoms with Gasteiger partial charge in [0.05, 0.1) is 22.1 Å². The summed E-state index contributed by atoms with van der Waals surface area (Å²) in [6.45, 7) is 2.16. The zero-order chi connectivity index (χ0) is 21.9. The van der Waals surface area contributed by atoms with Crippen molar-refractivity contribution in [2.75, 3.05) is 0 Å². The molecule has 0 radical (unpaired) electrons. The number of aromatic nitrogens is 6. The summed E-state index contributed by atoms with van der Waals surface area (Å²) in [7, 11) is 0. The van der Waals surface area contributed by atoms with Gasteiger partial charge in [0.2, 0.25) is 0 Å². The number of rotatable bonds is 2. The minimum Gasteiger partial charge on any atom is -0.309 e. The summed E-state index contributed by atoms with van der Waals surface area (Å²) in [5.41, 5.74) is 7.91. The highest BCUT2D eigenvalue weighted by molar-refractivity contribution is 6.09. The van der Waals surface area contributed by atoms with Crippen LogP contribution in [0.2, 0.25) is 0 Å². The fourth-order valence-electron chi connectivity index (χ4n) is 4.99. The van der Waals surface area contributed by atoms with E-state index >= 15 is 0 Å². The third-order valence-electron chi connectivity index (χ3n) is 6.42. The Morgan fingerprint density at radius 3 is 1.36 bits per heavy atom. The zero-order valence-electron chi connectivity index (χ0n) is 17.8. The SMILES string of the molecule is Cc1cc(-n2c3ccncc3c3cnccc32)ccc1-n1c2ccncc2c2cnccc21. The fraction of sp³-hybridized carbons (Fsp3) is 0.0370. The fourth-order valence-corrected chi connectivity index (χ4v) is 4.99. The van der Waals surface area contributed by atoms with Crippen molar-refractivity contribution >= 4 is 43.6 Å². The number of aryl methyl sites for hydroxylation is 1. The molecule has 0 spiro atoms. The summed E-state index contributed by atoms with van der Waals surface area (Å²) in [5, 5.41) is 4.41. The summed E-state index contributed by atoms with van der Waals surface area (Å²) in [6, 6.07) is 14.9. The topological polar surface area (TPSA) is 61.4 Å². The van der Waals surface area contributed by atoms with Crippen LogP contribution in [0.1, 0.15) is 5.56 Å². The van der Waals surface area contributed by atoms with E-state index in [-0.39, 0.29) is 0 Å². The van der Waals surface area contributed by atoms with E-state index in [1.54, 1.807) is 0 Å². The molecule has 0 amide bonds. The van der Waals surface area contributed by atoms with Crippen LogP contribution in [0, 0.1) is 6.92 Å². The van der Waals surface area contributed by atoms with Crippen molar-refractivity contribution in [2.45, 2.75) is 6.92 Å². The largest absolute Gasteiger partial charge is 0.309 e. The first-order chi connectivity index (χ1) is 16.3. The van der Waals surface area contributed by atoms with Gasteiger partial charge in [-0.2, -0.15) is 0 Å². The van der Waals surface area contributed by atoms with Crippen molar-refractivity contribution in [3.8, 4) is 11.4 Å². The first-order valence-corrected chi connectivity index (χ1v) is 10.8. The number of benzene rings is 1. The van der Waals surface area contributed by atoms with Gasteiger partial charge in [0.1, 0.15) is 0 Å². The van der Waals surface area contributed by atoms with Gasteiger partial charge in [-0.15, -0.1) is 0 Å². The lowest BCUT2D eigenvalue weighted by atomic mass is 10.1. The molecule has 0 aliphatic carbocycles. The third-order valence-corrected chi connectivity index (χ3v) is 6.42. The van der Waals surface area contributed by atoms with E-state index in [1.807, 2.05) is 49.6 Å². The molecule has 7 aromatic rings. The molecule has 156 valence electrons. The van der Waals surface area contributed by atoms with Crippen LogP contribution in [-0.4, -0.2) is 29.1 Å². The molecule has 0 aliphatic rings. The Hall–Kier alpha value is -4.58. The van der Waals surface area contributed by atoms with E-state index in [0.717, 1.165) is 55.0 Å². The van der Waals surface area contributed by atoms with Crippen LogP contribution in [0.4, 0.5) is 0 Å². The summed E-state index contributed by atoms with van der Waals surface area (Å²) < 4.78 is 4.58. The molecule has 1 aromatic carbocycles. The molecular formula is C27H18N6. The molecule has 0 N–H and O–H groups in total. The standard InChI is InChI=1S/C27H18N6/c1-17-12-18(32-24-4-8-28-13-19(24)20-14-29-9-5-25(20)32)2-3-23(17)33-26-6-10-30-15-21(26)22-16-31-11-7-27(22)33/h2-16H,1H3. The molecule has 7 rings (SSSR count). The van der Waals surface area contributed by atoms with Crippen molar-refractivity contribution in [1.82, 2.24) is 29.1 Å². The maximum absolute atomic E-state index is 4.34. The monoisotopic (exact) mass is 426 g/mol. The average molecular weight is 426 g/mol. The third kappa shape index (κ3) is 2.49. The van der Waals surface area contributed by atoms with Crippen LogP contribution in [0.3, 0.4) is 0 Å². The predicted octanol–water partition coefficient (Wildman–Crippen LogP) is 5.77. The highest BCUT2D eigenvalue weighted by Gasteiger charge is 2.16. The molecule has 0 fully saturated rings. The Kier molecular flexibility index (Phi) is 3.67. The van der Waals surface area contributed by atoms with Crippen LogP contribution in [0.5, 0.6) is 0 Å². The Morgan fingerprint density at radius 2 is 0.939 bits per heavy atom. The lowest BCUT2D eigenvalue weighted by Gasteiger charge is -2.14. The van der Waals surface area contributed by atoms with Gasteiger partial charge in [0.25, 0.3) is 0 Å². The van der Waals surface area contributed by atoms with Crippen LogP contribution >= 0.6 is 0 Å². The Morgan fingerprint density at radius 1 is 0.515 bits per heavy atom. The molecule has 0 saturated carbocycles. The molecule has 6 heteroatoms. The van der Waals surface area contributed by atoms with E-state index in [0.29, 0.717) is 0 Å². The number of fused-ring (bicyclic) bond motifs is 6. The number of hydrogen-bond donors (Lipinski definition) is 0. The van der Waals surface area contributed by atoms with Crippen molar-refractivity contribution in [3.05, 3.63) is 97.6 Å². The Labute approximate surface area is 188 Å². The minimum absolute atomic E-state index is 1.10. The zero-order valence-corrected chi connectivity index (χ0v) is 17.8. The van der Waals surface area contributed by atoms with Gasteiger partial charge in [-0.25, -0.2) is 0 Å². The summed E-state index contributed by atoms with van der Waals surface area (Å²) >= 11 is 0. The van der Waals surface area contributed by atoms with Gasteiger partial charge in [0, 0.05) is 82.5 Å². The van der Waals surface area contributed by atoms with Gasteiger partial charge in [-0.3, -0.25) is 19.9 Å². The molecule has 6 heterocycles. The van der Waals surface area contributed by atoms with Gasteiger partial charge < -0.3 is 9.13 Å². The second kappa shape index (κ2) is 6.71. The van der Waals surface area contributed by atoms with Crippen LogP contribution in [-0.2, 0) is 0 Å². The molecule has 0 saturated heterocycles. The van der Waals surface area contributed by atoms with E-state index in [4.69, 9.17) is 0 Å². The quantitative estimate of drug-likeness (QED) is 0.352. The van der Waals surface area contributed by atoms with Crippen LogP contribution in [0.25, 0.3) is 55.0 Å². The Bertz CT molecular complexity index is 1740. The average Bonchev–Trinajstić information content (AvgIpc) is 3.37. The highest BCUT2D eigenvalue weighted by atomic mass is 15.0. The molecule has 0 unspecified atom stereocenters. The second-order valence-corrected chi connectivity index (χ2v) is 8.21. The minimum atomic E-state index is 1.10. The molecular weight excluding hydrogens is 408 g/mol. The van der Waals surface area contributed by atoms with E-state index < -0.39 is 0 Å². The van der Waals surface area contributed by atoms with Crippen LogP contribution in [0.15, 0.2) is 92.0 Å². The van der Waals surface area contributed by atoms with Crippen molar-refractivity contribution < 1.29 is 0 Å². The molecule has 6 nitrogen and oxygen atoms in total. The van der Waals surface area contributed by atoms with Gasteiger partial charge in [0.15, 0.2) is 0 Å². The van der Waals surface area contributed by atoms with E-state index in [1.165, 1.54) is 5.56 Å². The number of hydrogen-bond acceptors (Lipinski definition) is 4. The molecule has 0 bridgehead atoms. The van der Waals surface area contributed by atoms with Gasteiger partial charge in [-0.05, 0) is 55.0 Å². The van der Waals surface area contributed by atoms with E-state index in [9.17, 15) is 0 Å². The van der Waals surface area contributed by atoms with Gasteiger partial charge >= 0.3 is 0 Å². The normalized spacial score (nSPS) is 11.8.